The molecule has 0 aromatic carbocycles. The lowest BCUT2D eigenvalue weighted by molar-refractivity contribution is 0.219. The maximum absolute atomic E-state index is 8.62. The molecule has 0 N–H and O–H groups in total. The minimum Gasteiger partial charge on any atom is -0.193 e. The Kier molecular flexibility index (Phi) is 8.80. The lowest BCUT2D eigenvalue weighted by atomic mass is 9.75. The lowest BCUT2D eigenvalue weighted by Gasteiger charge is -2.31. The van der Waals surface area contributed by atoms with Crippen molar-refractivity contribution in [1.82, 2.24) is 0 Å². The number of hydrogen-bond acceptors (Lipinski definition) is 1. The second-order valence-corrected chi connectivity index (χ2v) is 8.23. The number of rotatable bonds is 8. The van der Waals surface area contributed by atoms with Gasteiger partial charge in [0.1, 0.15) is 0 Å². The first-order valence-electron chi connectivity index (χ1n) is 10.4. The summed E-state index contributed by atoms with van der Waals surface area (Å²) in [6.07, 6.45) is 24.0. The highest BCUT2D eigenvalue weighted by Gasteiger charge is 2.23. The fourth-order valence-corrected chi connectivity index (χ4v) is 4.81. The van der Waals surface area contributed by atoms with Gasteiger partial charge in [-0.05, 0) is 49.4 Å². The van der Waals surface area contributed by atoms with Gasteiger partial charge in [-0.15, -0.1) is 0 Å². The van der Waals surface area contributed by atoms with Gasteiger partial charge >= 0.3 is 0 Å². The van der Waals surface area contributed by atoms with E-state index in [9.17, 15) is 0 Å². The molecule has 2 rings (SSSR count). The molecular formula is C22H37N. The van der Waals surface area contributed by atoms with Gasteiger partial charge in [-0.3, -0.25) is 0 Å². The molecule has 2 aliphatic carbocycles. The van der Waals surface area contributed by atoms with E-state index in [-0.39, 0.29) is 0 Å². The summed E-state index contributed by atoms with van der Waals surface area (Å²) >= 11 is 0. The zero-order chi connectivity index (χ0) is 16.3. The molecule has 0 radical (unpaired) electrons. The third-order valence-electron chi connectivity index (χ3n) is 6.50. The largest absolute Gasteiger partial charge is 0.193 e. The third-order valence-corrected chi connectivity index (χ3v) is 6.50. The zero-order valence-electron chi connectivity index (χ0n) is 15.3. The third kappa shape index (κ3) is 7.11. The molecule has 0 aromatic rings. The van der Waals surface area contributed by atoms with Crippen LogP contribution in [0.2, 0.25) is 0 Å². The van der Waals surface area contributed by atoms with Gasteiger partial charge in [0.05, 0.1) is 6.07 Å². The van der Waals surface area contributed by atoms with Crippen molar-refractivity contribution in [2.45, 2.75) is 96.8 Å². The summed E-state index contributed by atoms with van der Waals surface area (Å²) in [5.74, 6) is 3.75. The predicted molar refractivity (Wildman–Crippen MR) is 99.0 cm³/mol. The molecule has 2 aliphatic rings. The van der Waals surface area contributed by atoms with Gasteiger partial charge in [-0.2, -0.15) is 5.26 Å². The summed E-state index contributed by atoms with van der Waals surface area (Å²) in [4.78, 5) is 0. The second-order valence-electron chi connectivity index (χ2n) is 8.23. The van der Waals surface area contributed by atoms with Crippen LogP contribution >= 0.6 is 0 Å². The molecule has 0 aromatic heterocycles. The first-order valence-corrected chi connectivity index (χ1v) is 10.4. The minimum atomic E-state index is 0.685. The molecular weight excluding hydrogens is 278 g/mol. The van der Waals surface area contributed by atoms with Crippen LogP contribution in [0.1, 0.15) is 96.8 Å². The molecule has 2 saturated carbocycles. The second kappa shape index (κ2) is 10.9. The lowest BCUT2D eigenvalue weighted by Crippen LogP contribution is -2.17. The molecule has 0 saturated heterocycles. The number of hydrogen-bond donors (Lipinski definition) is 0. The van der Waals surface area contributed by atoms with Gasteiger partial charge in [0.15, 0.2) is 0 Å². The van der Waals surface area contributed by atoms with Crippen LogP contribution in [-0.4, -0.2) is 0 Å². The maximum atomic E-state index is 8.62. The highest BCUT2D eigenvalue weighted by atomic mass is 14.3. The van der Waals surface area contributed by atoms with Gasteiger partial charge < -0.3 is 0 Å². The molecule has 0 bridgehead atoms. The van der Waals surface area contributed by atoms with Crippen LogP contribution in [0.4, 0.5) is 0 Å². The van der Waals surface area contributed by atoms with Crippen LogP contribution in [-0.2, 0) is 0 Å². The number of unbranched alkanes of at least 4 members (excludes halogenated alkanes) is 2. The van der Waals surface area contributed by atoms with E-state index in [1.54, 1.807) is 6.08 Å². The molecule has 23 heavy (non-hydrogen) atoms. The smallest absolute Gasteiger partial charge is 0.0908 e. The Hall–Kier alpha value is -0.770. The summed E-state index contributed by atoms with van der Waals surface area (Å²) in [6.45, 7) is 2.31. The van der Waals surface area contributed by atoms with Gasteiger partial charge in [0, 0.05) is 6.08 Å². The summed E-state index contributed by atoms with van der Waals surface area (Å²) in [7, 11) is 0. The van der Waals surface area contributed by atoms with Crippen LogP contribution in [0.5, 0.6) is 0 Å². The van der Waals surface area contributed by atoms with Crippen LogP contribution in [0.15, 0.2) is 12.2 Å². The predicted octanol–water partition coefficient (Wildman–Crippen LogP) is 7.04. The van der Waals surface area contributed by atoms with E-state index in [2.05, 4.69) is 19.1 Å². The Morgan fingerprint density at radius 3 is 1.83 bits per heavy atom. The Bertz CT molecular complexity index is 362. The average Bonchev–Trinajstić information content (AvgIpc) is 2.60. The van der Waals surface area contributed by atoms with Crippen LogP contribution in [0.25, 0.3) is 0 Å². The van der Waals surface area contributed by atoms with Gasteiger partial charge in [0.25, 0.3) is 0 Å². The molecule has 0 amide bonds. The standard InChI is InChI=1S/C22H37N/c1-2-3-4-6-19-8-12-21(13-9-19)16-17-22-14-10-20(11-15-22)7-5-18-23/h5,7,19-22H,2-4,6,8-17H2,1H3/b7-5+. The normalized spacial score (nSPS) is 32.0. The fourth-order valence-electron chi connectivity index (χ4n) is 4.81. The van der Waals surface area contributed by atoms with E-state index in [0.717, 1.165) is 17.8 Å². The van der Waals surface area contributed by atoms with E-state index in [1.807, 2.05) is 0 Å². The van der Waals surface area contributed by atoms with E-state index in [4.69, 9.17) is 5.26 Å². The molecule has 0 unspecified atom stereocenters. The van der Waals surface area contributed by atoms with Crippen LogP contribution < -0.4 is 0 Å². The van der Waals surface area contributed by atoms with Crippen molar-refractivity contribution in [2.75, 3.05) is 0 Å². The van der Waals surface area contributed by atoms with E-state index in [1.165, 1.54) is 89.9 Å². The summed E-state index contributed by atoms with van der Waals surface area (Å²) < 4.78 is 0. The molecule has 0 aliphatic heterocycles. The topological polar surface area (TPSA) is 23.8 Å². The summed E-state index contributed by atoms with van der Waals surface area (Å²) in [5, 5.41) is 8.62. The van der Waals surface area contributed by atoms with E-state index in [0.29, 0.717) is 5.92 Å². The molecule has 130 valence electrons. The first-order chi connectivity index (χ1) is 11.3. The van der Waals surface area contributed by atoms with Crippen molar-refractivity contribution in [2.24, 2.45) is 23.7 Å². The number of nitrogens with zero attached hydrogens (tertiary/aromatic N) is 1. The Balaban J connectivity index is 1.54. The molecule has 0 heterocycles. The van der Waals surface area contributed by atoms with Crippen molar-refractivity contribution >= 4 is 0 Å². The van der Waals surface area contributed by atoms with Crippen molar-refractivity contribution in [1.29, 1.82) is 5.26 Å². The molecule has 0 atom stereocenters. The fraction of sp³-hybridized carbons (Fsp3) is 0.864. The number of nitriles is 1. The summed E-state index contributed by atoms with van der Waals surface area (Å²) in [5.41, 5.74) is 0. The van der Waals surface area contributed by atoms with Gasteiger partial charge in [-0.1, -0.05) is 77.2 Å². The number of allylic oxidation sites excluding steroid dienone is 2. The molecule has 0 spiro atoms. The average molecular weight is 316 g/mol. The van der Waals surface area contributed by atoms with Crippen LogP contribution in [0.3, 0.4) is 0 Å². The van der Waals surface area contributed by atoms with Crippen molar-refractivity contribution in [3.05, 3.63) is 12.2 Å². The van der Waals surface area contributed by atoms with Crippen LogP contribution in [0, 0.1) is 35.0 Å². The first kappa shape index (κ1) is 18.6. The Morgan fingerprint density at radius 2 is 1.30 bits per heavy atom. The molecule has 2 fully saturated rings. The van der Waals surface area contributed by atoms with E-state index >= 15 is 0 Å². The maximum Gasteiger partial charge on any atom is 0.0908 e. The van der Waals surface area contributed by atoms with Gasteiger partial charge in [-0.25, -0.2) is 0 Å². The van der Waals surface area contributed by atoms with Gasteiger partial charge in [0.2, 0.25) is 0 Å². The molecule has 1 heteroatoms. The minimum absolute atomic E-state index is 0.685. The van der Waals surface area contributed by atoms with Crippen molar-refractivity contribution in [3.63, 3.8) is 0 Å². The van der Waals surface area contributed by atoms with E-state index < -0.39 is 0 Å². The van der Waals surface area contributed by atoms with Crippen molar-refractivity contribution < 1.29 is 0 Å². The Labute approximate surface area is 144 Å². The Morgan fingerprint density at radius 1 is 0.783 bits per heavy atom. The highest BCUT2D eigenvalue weighted by molar-refractivity contribution is 5.04. The summed E-state index contributed by atoms with van der Waals surface area (Å²) in [6, 6.07) is 2.13. The SMILES string of the molecule is CCCCCC1CCC(CCC2CCC(/C=C/C#N)CC2)CC1. The monoisotopic (exact) mass is 315 g/mol. The highest BCUT2D eigenvalue weighted by Crippen LogP contribution is 2.37. The zero-order valence-corrected chi connectivity index (χ0v) is 15.3. The quantitative estimate of drug-likeness (QED) is 0.348. The molecule has 1 nitrogen and oxygen atoms in total. The van der Waals surface area contributed by atoms with Crippen molar-refractivity contribution in [3.8, 4) is 6.07 Å².